The molecule has 3 heteroatoms. The molecule has 2 aromatic carbocycles. The lowest BCUT2D eigenvalue weighted by atomic mass is 10.1. The van der Waals surface area contributed by atoms with Gasteiger partial charge in [0, 0.05) is 5.69 Å². The van der Waals surface area contributed by atoms with Gasteiger partial charge in [0.1, 0.15) is 5.75 Å². The van der Waals surface area contributed by atoms with E-state index in [0.29, 0.717) is 10.7 Å². The third-order valence-corrected chi connectivity index (χ3v) is 2.49. The van der Waals surface area contributed by atoms with Gasteiger partial charge in [-0.15, -0.1) is 0 Å². The third-order valence-electron chi connectivity index (χ3n) is 2.17. The van der Waals surface area contributed by atoms with Gasteiger partial charge in [0.05, 0.1) is 5.02 Å². The number of phenols is 1. The zero-order chi connectivity index (χ0) is 10.8. The van der Waals surface area contributed by atoms with E-state index in [2.05, 4.69) is 0 Å². The Bertz CT molecular complexity index is 497. The van der Waals surface area contributed by atoms with Crippen LogP contribution in [0.5, 0.6) is 5.75 Å². The van der Waals surface area contributed by atoms with Crippen LogP contribution in [-0.2, 0) is 0 Å². The van der Waals surface area contributed by atoms with E-state index >= 15 is 0 Å². The number of aromatic hydroxyl groups is 1. The van der Waals surface area contributed by atoms with E-state index in [0.717, 1.165) is 11.1 Å². The minimum absolute atomic E-state index is 0.0802. The van der Waals surface area contributed by atoms with Gasteiger partial charge in [0.25, 0.3) is 0 Å². The number of rotatable bonds is 1. The normalized spacial score (nSPS) is 10.2. The van der Waals surface area contributed by atoms with E-state index in [-0.39, 0.29) is 5.75 Å². The lowest BCUT2D eigenvalue weighted by Gasteiger charge is -2.04. The predicted octanol–water partition coefficient (Wildman–Crippen LogP) is 3.29. The summed E-state index contributed by atoms with van der Waals surface area (Å²) in [5.74, 6) is 0.0802. The number of anilines is 1. The minimum atomic E-state index is 0.0802. The van der Waals surface area contributed by atoms with Crippen LogP contribution in [0.1, 0.15) is 0 Å². The molecule has 0 aliphatic carbocycles. The van der Waals surface area contributed by atoms with Crippen LogP contribution in [0.3, 0.4) is 0 Å². The van der Waals surface area contributed by atoms with Crippen molar-refractivity contribution in [2.45, 2.75) is 0 Å². The molecule has 0 aromatic heterocycles. The summed E-state index contributed by atoms with van der Waals surface area (Å²) in [4.78, 5) is 0. The molecule has 0 unspecified atom stereocenters. The molecular formula is C12H10ClNO. The highest BCUT2D eigenvalue weighted by Crippen LogP contribution is 2.29. The first-order chi connectivity index (χ1) is 7.16. The summed E-state index contributed by atoms with van der Waals surface area (Å²) in [5.41, 5.74) is 8.22. The van der Waals surface area contributed by atoms with E-state index in [1.54, 1.807) is 12.1 Å². The average Bonchev–Trinajstić information content (AvgIpc) is 2.22. The summed E-state index contributed by atoms with van der Waals surface area (Å²) in [6.45, 7) is 0. The van der Waals surface area contributed by atoms with Crippen molar-refractivity contribution in [3.8, 4) is 16.9 Å². The number of nitrogen functional groups attached to an aromatic ring is 1. The van der Waals surface area contributed by atoms with Crippen molar-refractivity contribution in [3.63, 3.8) is 0 Å². The number of hydrogen-bond acceptors (Lipinski definition) is 2. The first-order valence-corrected chi connectivity index (χ1v) is 4.89. The zero-order valence-corrected chi connectivity index (χ0v) is 8.70. The van der Waals surface area contributed by atoms with Crippen LogP contribution < -0.4 is 5.73 Å². The molecule has 0 atom stereocenters. The molecule has 0 aliphatic heterocycles. The minimum Gasteiger partial charge on any atom is -0.506 e. The number of nitrogens with two attached hydrogens (primary N) is 1. The Morgan fingerprint density at radius 2 is 1.73 bits per heavy atom. The second kappa shape index (κ2) is 3.83. The molecule has 15 heavy (non-hydrogen) atoms. The molecule has 0 aliphatic rings. The van der Waals surface area contributed by atoms with Crippen LogP contribution in [0.4, 0.5) is 5.69 Å². The largest absolute Gasteiger partial charge is 0.506 e. The summed E-state index contributed by atoms with van der Waals surface area (Å²) in [6, 6.07) is 12.6. The number of phenolic OH excluding ortho intramolecular Hbond substituents is 1. The van der Waals surface area contributed by atoms with Crippen molar-refractivity contribution in [1.29, 1.82) is 0 Å². The standard InChI is InChI=1S/C12H10ClNO/c13-11-5-4-9(7-12(11)15)8-2-1-3-10(14)6-8/h1-7,15H,14H2. The maximum absolute atomic E-state index is 9.47. The van der Waals surface area contributed by atoms with E-state index in [1.807, 2.05) is 30.3 Å². The molecule has 0 bridgehead atoms. The van der Waals surface area contributed by atoms with E-state index in [4.69, 9.17) is 17.3 Å². The molecule has 0 fully saturated rings. The fourth-order valence-corrected chi connectivity index (χ4v) is 1.53. The SMILES string of the molecule is Nc1cccc(-c2ccc(Cl)c(O)c2)c1. The van der Waals surface area contributed by atoms with Crippen molar-refractivity contribution < 1.29 is 5.11 Å². The topological polar surface area (TPSA) is 46.2 Å². The highest BCUT2D eigenvalue weighted by molar-refractivity contribution is 6.32. The smallest absolute Gasteiger partial charge is 0.134 e. The van der Waals surface area contributed by atoms with Gasteiger partial charge in [-0.1, -0.05) is 29.8 Å². The molecule has 2 rings (SSSR count). The van der Waals surface area contributed by atoms with E-state index in [9.17, 15) is 5.11 Å². The van der Waals surface area contributed by atoms with Crippen molar-refractivity contribution in [1.82, 2.24) is 0 Å². The molecule has 0 saturated heterocycles. The Morgan fingerprint density at radius 1 is 1.00 bits per heavy atom. The Morgan fingerprint density at radius 3 is 2.40 bits per heavy atom. The first kappa shape index (κ1) is 9.87. The van der Waals surface area contributed by atoms with Crippen molar-refractivity contribution >= 4 is 17.3 Å². The zero-order valence-electron chi connectivity index (χ0n) is 7.94. The Hall–Kier alpha value is -1.67. The van der Waals surface area contributed by atoms with E-state index < -0.39 is 0 Å². The van der Waals surface area contributed by atoms with Crippen LogP contribution in [0, 0.1) is 0 Å². The fourth-order valence-electron chi connectivity index (χ4n) is 1.41. The highest BCUT2D eigenvalue weighted by atomic mass is 35.5. The Kier molecular flexibility index (Phi) is 2.52. The average molecular weight is 220 g/mol. The lowest BCUT2D eigenvalue weighted by Crippen LogP contribution is -1.85. The predicted molar refractivity (Wildman–Crippen MR) is 63.0 cm³/mol. The molecular weight excluding hydrogens is 210 g/mol. The maximum atomic E-state index is 9.47. The molecule has 76 valence electrons. The van der Waals surface area contributed by atoms with Gasteiger partial charge >= 0.3 is 0 Å². The van der Waals surface area contributed by atoms with Crippen molar-refractivity contribution in [3.05, 3.63) is 47.5 Å². The lowest BCUT2D eigenvalue weighted by molar-refractivity contribution is 0.476. The molecule has 2 aromatic rings. The van der Waals surface area contributed by atoms with Gasteiger partial charge in [-0.2, -0.15) is 0 Å². The molecule has 0 spiro atoms. The molecule has 0 saturated carbocycles. The summed E-state index contributed by atoms with van der Waals surface area (Å²) in [5, 5.41) is 9.82. The number of benzene rings is 2. The summed E-state index contributed by atoms with van der Waals surface area (Å²) in [7, 11) is 0. The van der Waals surface area contributed by atoms with Crippen LogP contribution in [0.2, 0.25) is 5.02 Å². The molecule has 0 heterocycles. The number of halogens is 1. The van der Waals surface area contributed by atoms with Gasteiger partial charge in [-0.25, -0.2) is 0 Å². The van der Waals surface area contributed by atoms with Gasteiger partial charge in [0.15, 0.2) is 0 Å². The second-order valence-electron chi connectivity index (χ2n) is 3.29. The molecule has 0 amide bonds. The first-order valence-electron chi connectivity index (χ1n) is 4.51. The quantitative estimate of drug-likeness (QED) is 0.723. The van der Waals surface area contributed by atoms with Crippen LogP contribution in [0.15, 0.2) is 42.5 Å². The second-order valence-corrected chi connectivity index (χ2v) is 3.70. The number of hydrogen-bond donors (Lipinski definition) is 2. The summed E-state index contributed by atoms with van der Waals surface area (Å²) < 4.78 is 0. The summed E-state index contributed by atoms with van der Waals surface area (Å²) in [6.07, 6.45) is 0. The third kappa shape index (κ3) is 2.05. The summed E-state index contributed by atoms with van der Waals surface area (Å²) >= 11 is 5.72. The van der Waals surface area contributed by atoms with Gasteiger partial charge < -0.3 is 10.8 Å². The van der Waals surface area contributed by atoms with Gasteiger partial charge in [-0.3, -0.25) is 0 Å². The molecule has 3 N–H and O–H groups in total. The Balaban J connectivity index is 2.50. The highest BCUT2D eigenvalue weighted by Gasteiger charge is 2.02. The fraction of sp³-hybridized carbons (Fsp3) is 0. The van der Waals surface area contributed by atoms with Crippen molar-refractivity contribution in [2.75, 3.05) is 5.73 Å². The maximum Gasteiger partial charge on any atom is 0.134 e. The van der Waals surface area contributed by atoms with Crippen LogP contribution in [-0.4, -0.2) is 5.11 Å². The van der Waals surface area contributed by atoms with E-state index in [1.165, 1.54) is 0 Å². The van der Waals surface area contributed by atoms with Crippen LogP contribution in [0.25, 0.3) is 11.1 Å². The van der Waals surface area contributed by atoms with Gasteiger partial charge in [-0.05, 0) is 35.4 Å². The Labute approximate surface area is 92.9 Å². The van der Waals surface area contributed by atoms with Gasteiger partial charge in [0.2, 0.25) is 0 Å². The van der Waals surface area contributed by atoms with Crippen LogP contribution >= 0.6 is 11.6 Å². The van der Waals surface area contributed by atoms with Crippen molar-refractivity contribution in [2.24, 2.45) is 0 Å². The molecule has 2 nitrogen and oxygen atoms in total. The monoisotopic (exact) mass is 219 g/mol. The molecule has 0 radical (unpaired) electrons.